The number of hydrogen-bond donors (Lipinski definition) is 2. The molecular weight excluding hydrogens is 580 g/mol. The molecule has 4 aliphatic heterocycles. The normalized spacial score (nSPS) is 25.3. The van der Waals surface area contributed by atoms with Crippen molar-refractivity contribution >= 4 is 40.8 Å². The Hall–Kier alpha value is -2.66. The molecule has 2 bridgehead atoms. The minimum atomic E-state index is -0.676. The summed E-state index contributed by atoms with van der Waals surface area (Å²) < 4.78 is 34.6. The van der Waals surface area contributed by atoms with E-state index in [0.717, 1.165) is 61.4 Å². The fourth-order valence-electron chi connectivity index (χ4n) is 6.70. The monoisotopic (exact) mass is 615 g/mol. The van der Waals surface area contributed by atoms with Crippen molar-refractivity contribution in [1.82, 2.24) is 14.7 Å². The van der Waals surface area contributed by atoms with Crippen molar-refractivity contribution < 1.29 is 18.3 Å². The molecule has 4 atom stereocenters. The highest BCUT2D eigenvalue weighted by Gasteiger charge is 2.38. The van der Waals surface area contributed by atoms with E-state index in [-0.39, 0.29) is 23.6 Å². The molecule has 0 aliphatic carbocycles. The Labute approximate surface area is 254 Å². The number of nitrogens with zero attached hydrogens (tertiary/aromatic N) is 3. The number of hydrogen-bond acceptors (Lipinski definition) is 6. The molecule has 2 aromatic rings. The summed E-state index contributed by atoms with van der Waals surface area (Å²) in [4.78, 5) is 19.2. The molecule has 42 heavy (non-hydrogen) atoms. The lowest BCUT2D eigenvalue weighted by Crippen LogP contribution is -2.55. The molecule has 0 unspecified atom stereocenters. The predicted molar refractivity (Wildman–Crippen MR) is 164 cm³/mol. The highest BCUT2D eigenvalue weighted by atomic mass is 35.5. The Kier molecular flexibility index (Phi) is 8.51. The number of amides is 1. The fraction of sp³-hybridized carbons (Fsp3) is 0.484. The molecule has 0 spiro atoms. The number of carbonyl (C=O) groups excluding carboxylic acids is 1. The lowest BCUT2D eigenvalue weighted by Gasteiger charge is -2.42. The van der Waals surface area contributed by atoms with Gasteiger partial charge in [-0.2, -0.15) is 0 Å². The van der Waals surface area contributed by atoms with E-state index < -0.39 is 11.6 Å². The molecule has 2 N–H and O–H groups in total. The first kappa shape index (κ1) is 29.4. The van der Waals surface area contributed by atoms with Crippen LogP contribution in [0.4, 0.5) is 14.5 Å². The summed E-state index contributed by atoms with van der Waals surface area (Å²) in [5.41, 5.74) is 2.15. The van der Waals surface area contributed by atoms with E-state index in [4.69, 9.17) is 16.3 Å². The molecule has 11 heteroatoms. The first-order valence-corrected chi connectivity index (χ1v) is 15.9. The Morgan fingerprint density at radius 3 is 2.81 bits per heavy atom. The smallest absolute Gasteiger partial charge is 0.246 e. The van der Waals surface area contributed by atoms with Gasteiger partial charge < -0.3 is 19.9 Å². The Bertz CT molecular complexity index is 1410. The maximum absolute atomic E-state index is 15.0. The van der Waals surface area contributed by atoms with Gasteiger partial charge in [-0.1, -0.05) is 18.2 Å². The zero-order valence-electron chi connectivity index (χ0n) is 23.7. The van der Waals surface area contributed by atoms with Crippen LogP contribution < -0.4 is 5.32 Å². The number of ether oxygens (including phenoxy) is 1. The third kappa shape index (κ3) is 5.66. The number of amidine groups is 1. The SMILES string of the molecule is C=CC(=O)N1CCN(C(=N)c2cc(Cl)c(-c3ccc(F)cc3F)c3c2N[C@@H](CCCN2C[C@@H]4C[C@H]2CO4)CS3)[C@@H](C)C1. The van der Waals surface area contributed by atoms with Crippen LogP contribution in [0.3, 0.4) is 0 Å². The zero-order valence-corrected chi connectivity index (χ0v) is 25.2. The lowest BCUT2D eigenvalue weighted by molar-refractivity contribution is -0.128. The molecule has 224 valence electrons. The van der Waals surface area contributed by atoms with Crippen molar-refractivity contribution in [2.75, 3.05) is 50.4 Å². The van der Waals surface area contributed by atoms with Gasteiger partial charge in [0.15, 0.2) is 0 Å². The molecule has 3 saturated heterocycles. The van der Waals surface area contributed by atoms with Crippen LogP contribution in [0.1, 0.15) is 31.7 Å². The molecule has 1 amide bonds. The largest absolute Gasteiger partial charge is 0.380 e. The van der Waals surface area contributed by atoms with Gasteiger partial charge in [-0.15, -0.1) is 11.8 Å². The van der Waals surface area contributed by atoms with Crippen molar-refractivity contribution in [1.29, 1.82) is 5.41 Å². The molecule has 7 nitrogen and oxygen atoms in total. The van der Waals surface area contributed by atoms with Crippen LogP contribution in [0, 0.1) is 17.0 Å². The summed E-state index contributed by atoms with van der Waals surface area (Å²) in [7, 11) is 0. The molecule has 6 rings (SSSR count). The van der Waals surface area contributed by atoms with Gasteiger partial charge in [0.05, 0.1) is 23.4 Å². The predicted octanol–water partition coefficient (Wildman–Crippen LogP) is 5.47. The van der Waals surface area contributed by atoms with E-state index in [0.29, 0.717) is 53.8 Å². The topological polar surface area (TPSA) is 71.9 Å². The van der Waals surface area contributed by atoms with Crippen molar-refractivity contribution in [2.24, 2.45) is 0 Å². The van der Waals surface area contributed by atoms with Gasteiger partial charge in [0.25, 0.3) is 0 Å². The van der Waals surface area contributed by atoms with Gasteiger partial charge in [0, 0.05) is 77.7 Å². The van der Waals surface area contributed by atoms with Crippen molar-refractivity contribution in [3.05, 3.63) is 59.1 Å². The average Bonchev–Trinajstić information content (AvgIpc) is 3.60. The van der Waals surface area contributed by atoms with Crippen LogP contribution >= 0.6 is 23.4 Å². The lowest BCUT2D eigenvalue weighted by atomic mass is 9.98. The number of fused-ring (bicyclic) bond motifs is 3. The zero-order chi connectivity index (χ0) is 29.5. The molecule has 4 aliphatic rings. The fourth-order valence-corrected chi connectivity index (χ4v) is 8.35. The summed E-state index contributed by atoms with van der Waals surface area (Å²) in [6.07, 6.45) is 4.82. The maximum atomic E-state index is 15.0. The Balaban J connectivity index is 1.28. The number of thioether (sulfide) groups is 1. The second kappa shape index (κ2) is 12.1. The molecule has 0 saturated carbocycles. The molecule has 3 fully saturated rings. The van der Waals surface area contributed by atoms with Crippen LogP contribution in [0.2, 0.25) is 5.02 Å². The molecule has 2 aromatic carbocycles. The Morgan fingerprint density at radius 2 is 2.12 bits per heavy atom. The number of likely N-dealkylation sites (tertiary alicyclic amines) is 1. The first-order valence-electron chi connectivity index (χ1n) is 14.6. The second-order valence-electron chi connectivity index (χ2n) is 11.6. The third-order valence-corrected chi connectivity index (χ3v) is 10.4. The number of halogens is 3. The van der Waals surface area contributed by atoms with Crippen LogP contribution in [0.5, 0.6) is 0 Å². The number of anilines is 1. The quantitative estimate of drug-likeness (QED) is 0.245. The van der Waals surface area contributed by atoms with Gasteiger partial charge >= 0.3 is 0 Å². The van der Waals surface area contributed by atoms with Crippen LogP contribution in [0.25, 0.3) is 11.1 Å². The standard InChI is InChI=1S/C31H36ClF2N5O2S/c1-3-27(40)38-9-10-39(18(2)14-38)31(35)24-13-25(32)28(23-7-6-19(33)11-26(23)34)30-29(24)36-20(17-42-30)5-4-8-37-15-22-12-21(37)16-41-22/h3,6-7,11,13,18,20-22,35-36H,1,4-5,8-10,12,14-17H2,2H3/t18-,20-,21-,22-/m0/s1. The van der Waals surface area contributed by atoms with Crippen LogP contribution in [0.15, 0.2) is 41.8 Å². The molecule has 0 aromatic heterocycles. The molecular formula is C31H36ClF2N5O2S. The minimum Gasteiger partial charge on any atom is -0.380 e. The second-order valence-corrected chi connectivity index (χ2v) is 13.1. The van der Waals surface area contributed by atoms with E-state index in [1.165, 1.54) is 18.2 Å². The van der Waals surface area contributed by atoms with E-state index in [1.807, 2.05) is 11.8 Å². The van der Waals surface area contributed by atoms with Gasteiger partial charge in [0.2, 0.25) is 5.91 Å². The Morgan fingerprint density at radius 1 is 1.29 bits per heavy atom. The van der Waals surface area contributed by atoms with Crippen molar-refractivity contribution in [2.45, 2.75) is 55.3 Å². The minimum absolute atomic E-state index is 0.0920. The van der Waals surface area contributed by atoms with Crippen LogP contribution in [-0.4, -0.2) is 95.8 Å². The first-order chi connectivity index (χ1) is 20.2. The molecule has 0 radical (unpaired) electrons. The van der Waals surface area contributed by atoms with E-state index in [1.54, 1.807) is 22.7 Å². The van der Waals surface area contributed by atoms with Gasteiger partial charge in [-0.3, -0.25) is 15.1 Å². The number of nitrogens with one attached hydrogen (secondary N) is 2. The van der Waals surface area contributed by atoms with E-state index in [9.17, 15) is 14.6 Å². The van der Waals surface area contributed by atoms with Crippen molar-refractivity contribution in [3.8, 4) is 11.1 Å². The van der Waals surface area contributed by atoms with E-state index >= 15 is 4.39 Å². The highest BCUT2D eigenvalue weighted by Crippen LogP contribution is 2.48. The number of benzene rings is 2. The average molecular weight is 616 g/mol. The van der Waals surface area contributed by atoms with Crippen molar-refractivity contribution in [3.63, 3.8) is 0 Å². The number of piperazine rings is 1. The summed E-state index contributed by atoms with van der Waals surface area (Å²) in [6.45, 7) is 9.93. The third-order valence-electron chi connectivity index (χ3n) is 8.88. The number of morpholine rings is 1. The summed E-state index contributed by atoms with van der Waals surface area (Å²) >= 11 is 8.45. The summed E-state index contributed by atoms with van der Waals surface area (Å²) in [5, 5.41) is 13.3. The van der Waals surface area contributed by atoms with Gasteiger partial charge in [-0.25, -0.2) is 8.78 Å². The number of rotatable bonds is 7. The van der Waals surface area contributed by atoms with Gasteiger partial charge in [0.1, 0.15) is 17.5 Å². The summed E-state index contributed by atoms with van der Waals surface area (Å²) in [5.74, 6) is -0.366. The van der Waals surface area contributed by atoms with E-state index in [2.05, 4.69) is 16.8 Å². The number of carbonyl (C=O) groups is 1. The summed E-state index contributed by atoms with van der Waals surface area (Å²) in [6, 6.07) is 5.88. The maximum Gasteiger partial charge on any atom is 0.246 e. The van der Waals surface area contributed by atoms with Crippen LogP contribution in [-0.2, 0) is 9.53 Å². The highest BCUT2D eigenvalue weighted by molar-refractivity contribution is 7.99. The van der Waals surface area contributed by atoms with Gasteiger partial charge in [-0.05, 0) is 57.0 Å². The molecule has 4 heterocycles.